The van der Waals surface area contributed by atoms with Gasteiger partial charge in [-0.05, 0) is 44.1 Å². The molecule has 2 N–H and O–H groups in total. The second-order valence-corrected chi connectivity index (χ2v) is 5.57. The van der Waals surface area contributed by atoms with Gasteiger partial charge in [-0.2, -0.15) is 0 Å². The first-order valence-corrected chi connectivity index (χ1v) is 6.74. The van der Waals surface area contributed by atoms with Crippen LogP contribution in [-0.2, 0) is 4.79 Å². The molecule has 3 unspecified atom stereocenters. The Labute approximate surface area is 98.4 Å². The maximum absolute atomic E-state index is 11.9. The smallest absolute Gasteiger partial charge is 0.224 e. The third-order valence-corrected chi connectivity index (χ3v) is 4.04. The molecule has 2 aliphatic rings. The van der Waals surface area contributed by atoms with Crippen LogP contribution in [0.1, 0.15) is 39.0 Å². The van der Waals surface area contributed by atoms with Crippen molar-refractivity contribution in [2.24, 2.45) is 17.8 Å². The first-order valence-electron chi connectivity index (χ1n) is 6.74. The molecule has 1 heterocycles. The Morgan fingerprint density at radius 3 is 2.88 bits per heavy atom. The highest BCUT2D eigenvalue weighted by Crippen LogP contribution is 2.29. The summed E-state index contributed by atoms with van der Waals surface area (Å²) in [4.78, 5) is 11.9. The lowest BCUT2D eigenvalue weighted by Crippen LogP contribution is -2.41. The molecule has 0 aromatic heterocycles. The summed E-state index contributed by atoms with van der Waals surface area (Å²) in [6.07, 6.45) is 6.12. The molecule has 0 bridgehead atoms. The highest BCUT2D eigenvalue weighted by atomic mass is 16.1. The third kappa shape index (κ3) is 3.21. The Balaban J connectivity index is 1.66. The average Bonchev–Trinajstić information content (AvgIpc) is 2.73. The quantitative estimate of drug-likeness (QED) is 0.763. The second-order valence-electron chi connectivity index (χ2n) is 5.57. The van der Waals surface area contributed by atoms with Crippen LogP contribution in [0.4, 0.5) is 0 Å². The number of hydrogen-bond donors (Lipinski definition) is 2. The summed E-state index contributed by atoms with van der Waals surface area (Å²) < 4.78 is 0. The molecule has 0 spiro atoms. The fourth-order valence-corrected chi connectivity index (χ4v) is 2.98. The van der Waals surface area contributed by atoms with Crippen molar-refractivity contribution in [3.05, 3.63) is 0 Å². The van der Waals surface area contributed by atoms with E-state index in [1.165, 1.54) is 19.3 Å². The van der Waals surface area contributed by atoms with Crippen LogP contribution >= 0.6 is 0 Å². The molecule has 92 valence electrons. The Hall–Kier alpha value is -0.570. The first kappa shape index (κ1) is 11.9. The van der Waals surface area contributed by atoms with E-state index in [1.54, 1.807) is 0 Å². The molecule has 1 saturated carbocycles. The molecule has 16 heavy (non-hydrogen) atoms. The van der Waals surface area contributed by atoms with Crippen LogP contribution in [0.25, 0.3) is 0 Å². The fraction of sp³-hybridized carbons (Fsp3) is 0.923. The summed E-state index contributed by atoms with van der Waals surface area (Å²) in [6.45, 7) is 5.16. The Morgan fingerprint density at radius 2 is 2.25 bits per heavy atom. The molecule has 0 aromatic rings. The van der Waals surface area contributed by atoms with Gasteiger partial charge in [0.1, 0.15) is 0 Å². The lowest BCUT2D eigenvalue weighted by molar-refractivity contribution is -0.125. The highest BCUT2D eigenvalue weighted by molar-refractivity contribution is 5.78. The number of rotatable bonds is 3. The minimum absolute atomic E-state index is 0.215. The molecule has 0 aromatic carbocycles. The van der Waals surface area contributed by atoms with Crippen LogP contribution in [0.5, 0.6) is 0 Å². The SMILES string of the molecule is CC1CCC(CNC(=O)C2CCCNC2)C1. The van der Waals surface area contributed by atoms with Crippen LogP contribution in [-0.4, -0.2) is 25.5 Å². The van der Waals surface area contributed by atoms with Crippen LogP contribution < -0.4 is 10.6 Å². The molecule has 1 aliphatic heterocycles. The van der Waals surface area contributed by atoms with Crippen molar-refractivity contribution in [3.63, 3.8) is 0 Å². The van der Waals surface area contributed by atoms with E-state index < -0.39 is 0 Å². The van der Waals surface area contributed by atoms with Crippen molar-refractivity contribution in [2.75, 3.05) is 19.6 Å². The summed E-state index contributed by atoms with van der Waals surface area (Å²) in [6, 6.07) is 0. The van der Waals surface area contributed by atoms with Gasteiger partial charge >= 0.3 is 0 Å². The third-order valence-electron chi connectivity index (χ3n) is 4.04. The van der Waals surface area contributed by atoms with Crippen molar-refractivity contribution in [2.45, 2.75) is 39.0 Å². The van der Waals surface area contributed by atoms with Gasteiger partial charge in [-0.3, -0.25) is 4.79 Å². The van der Waals surface area contributed by atoms with Gasteiger partial charge in [0.2, 0.25) is 5.91 Å². The van der Waals surface area contributed by atoms with Crippen molar-refractivity contribution in [3.8, 4) is 0 Å². The van der Waals surface area contributed by atoms with E-state index in [4.69, 9.17) is 0 Å². The topological polar surface area (TPSA) is 41.1 Å². The number of hydrogen-bond acceptors (Lipinski definition) is 2. The average molecular weight is 224 g/mol. The maximum Gasteiger partial charge on any atom is 0.224 e. The summed E-state index contributed by atoms with van der Waals surface area (Å²) in [5, 5.41) is 6.43. The van der Waals surface area contributed by atoms with E-state index in [0.29, 0.717) is 0 Å². The zero-order valence-electron chi connectivity index (χ0n) is 10.3. The van der Waals surface area contributed by atoms with Crippen molar-refractivity contribution >= 4 is 5.91 Å². The first-order chi connectivity index (χ1) is 7.75. The van der Waals surface area contributed by atoms with Crippen molar-refractivity contribution in [1.29, 1.82) is 0 Å². The Bertz CT molecular complexity index is 236. The Morgan fingerprint density at radius 1 is 1.38 bits per heavy atom. The Kier molecular flexibility index (Phi) is 4.22. The van der Waals surface area contributed by atoms with Gasteiger partial charge < -0.3 is 10.6 Å². The van der Waals surface area contributed by atoms with E-state index in [2.05, 4.69) is 17.6 Å². The van der Waals surface area contributed by atoms with Gasteiger partial charge in [-0.1, -0.05) is 13.3 Å². The molecular formula is C13H24N2O. The predicted molar refractivity (Wildman–Crippen MR) is 65.1 cm³/mol. The van der Waals surface area contributed by atoms with Crippen molar-refractivity contribution in [1.82, 2.24) is 10.6 Å². The molecule has 1 saturated heterocycles. The van der Waals surface area contributed by atoms with Gasteiger partial charge in [0.15, 0.2) is 0 Å². The van der Waals surface area contributed by atoms with Crippen LogP contribution in [0, 0.1) is 17.8 Å². The zero-order chi connectivity index (χ0) is 11.4. The second kappa shape index (κ2) is 5.67. The molecule has 3 atom stereocenters. The van der Waals surface area contributed by atoms with Gasteiger partial charge in [-0.15, -0.1) is 0 Å². The molecule has 3 heteroatoms. The van der Waals surface area contributed by atoms with E-state index in [-0.39, 0.29) is 11.8 Å². The minimum Gasteiger partial charge on any atom is -0.356 e. The van der Waals surface area contributed by atoms with Crippen LogP contribution in [0.15, 0.2) is 0 Å². The summed E-state index contributed by atoms with van der Waals surface area (Å²) in [5.41, 5.74) is 0. The molecule has 3 nitrogen and oxygen atoms in total. The zero-order valence-corrected chi connectivity index (χ0v) is 10.3. The van der Waals surface area contributed by atoms with Crippen LogP contribution in [0.3, 0.4) is 0 Å². The van der Waals surface area contributed by atoms with E-state index in [9.17, 15) is 4.79 Å². The highest BCUT2D eigenvalue weighted by Gasteiger charge is 2.24. The van der Waals surface area contributed by atoms with Gasteiger partial charge in [0, 0.05) is 13.1 Å². The lowest BCUT2D eigenvalue weighted by Gasteiger charge is -2.22. The summed E-state index contributed by atoms with van der Waals surface area (Å²) in [5.74, 6) is 2.08. The molecular weight excluding hydrogens is 200 g/mol. The minimum atomic E-state index is 0.215. The van der Waals surface area contributed by atoms with Gasteiger partial charge in [0.05, 0.1) is 5.92 Å². The maximum atomic E-state index is 11.9. The van der Waals surface area contributed by atoms with Crippen LogP contribution in [0.2, 0.25) is 0 Å². The number of amides is 1. The molecule has 1 aliphatic carbocycles. The number of carbonyl (C=O) groups excluding carboxylic acids is 1. The number of nitrogens with one attached hydrogen (secondary N) is 2. The van der Waals surface area contributed by atoms with Crippen molar-refractivity contribution < 1.29 is 4.79 Å². The van der Waals surface area contributed by atoms with Gasteiger partial charge in [0.25, 0.3) is 0 Å². The fourth-order valence-electron chi connectivity index (χ4n) is 2.98. The normalized spacial score (nSPS) is 34.9. The molecule has 0 radical (unpaired) electrons. The van der Waals surface area contributed by atoms with E-state index in [1.807, 2.05) is 0 Å². The molecule has 2 fully saturated rings. The number of piperidine rings is 1. The van der Waals surface area contributed by atoms with Gasteiger partial charge in [-0.25, -0.2) is 0 Å². The van der Waals surface area contributed by atoms with E-state index in [0.717, 1.165) is 44.3 Å². The van der Waals surface area contributed by atoms with E-state index >= 15 is 0 Å². The summed E-state index contributed by atoms with van der Waals surface area (Å²) >= 11 is 0. The molecule has 1 amide bonds. The molecule has 2 rings (SSSR count). The largest absolute Gasteiger partial charge is 0.356 e. The predicted octanol–water partition coefficient (Wildman–Crippen LogP) is 1.54. The standard InChI is InChI=1S/C13H24N2O/c1-10-4-5-11(7-10)8-15-13(16)12-3-2-6-14-9-12/h10-12,14H,2-9H2,1H3,(H,15,16). The lowest BCUT2D eigenvalue weighted by atomic mass is 9.98. The summed E-state index contributed by atoms with van der Waals surface area (Å²) in [7, 11) is 0. The number of carbonyl (C=O) groups is 1. The monoisotopic (exact) mass is 224 g/mol.